The highest BCUT2D eigenvalue weighted by Gasteiger charge is 2.25. The van der Waals surface area contributed by atoms with E-state index >= 15 is 0 Å². The number of carbonyl (C=O) groups excluding carboxylic acids is 2. The quantitative estimate of drug-likeness (QED) is 0.257. The van der Waals surface area contributed by atoms with Crippen molar-refractivity contribution in [3.05, 3.63) is 30.3 Å². The normalized spacial score (nSPS) is 15.5. The lowest BCUT2D eigenvalue weighted by Crippen LogP contribution is -2.46. The number of nitrogens with one attached hydrogen (secondary N) is 2. The first-order chi connectivity index (χ1) is 11.7. The molecule has 2 N–H and O–H groups in total. The highest BCUT2D eigenvalue weighted by atomic mass is 32.2. The number of imide groups is 1. The zero-order valence-electron chi connectivity index (χ0n) is 14.0. The molecule has 2 amide bonds. The highest BCUT2D eigenvalue weighted by molar-refractivity contribution is 7.99. The third-order valence-electron chi connectivity index (χ3n) is 3.64. The van der Waals surface area contributed by atoms with Crippen molar-refractivity contribution in [1.29, 1.82) is 0 Å². The lowest BCUT2D eigenvalue weighted by Gasteiger charge is -2.25. The van der Waals surface area contributed by atoms with Gasteiger partial charge in [0.2, 0.25) is 11.8 Å². The van der Waals surface area contributed by atoms with Crippen LogP contribution in [0.1, 0.15) is 19.3 Å². The maximum absolute atomic E-state index is 11.7. The highest BCUT2D eigenvalue weighted by Crippen LogP contribution is 2.15. The molecule has 0 aliphatic carbocycles. The summed E-state index contributed by atoms with van der Waals surface area (Å²) >= 11 is 1.78. The predicted molar refractivity (Wildman–Crippen MR) is 97.1 cm³/mol. The lowest BCUT2D eigenvalue weighted by molar-refractivity contribution is -0.147. The van der Waals surface area contributed by atoms with Gasteiger partial charge in [0.25, 0.3) is 0 Å². The number of benzene rings is 1. The van der Waals surface area contributed by atoms with Gasteiger partial charge in [-0.1, -0.05) is 18.2 Å². The topological polar surface area (TPSA) is 73.8 Å². The fraction of sp³-hybridized carbons (Fsp3) is 0.471. The Morgan fingerprint density at radius 1 is 1.12 bits per heavy atom. The molecule has 24 heavy (non-hydrogen) atoms. The van der Waals surface area contributed by atoms with Gasteiger partial charge in [-0.05, 0) is 18.6 Å². The van der Waals surface area contributed by atoms with Crippen LogP contribution in [-0.4, -0.2) is 55.1 Å². The van der Waals surface area contributed by atoms with Crippen molar-refractivity contribution in [2.24, 2.45) is 4.99 Å². The number of amides is 2. The maximum Gasteiger partial charge on any atom is 0.229 e. The summed E-state index contributed by atoms with van der Waals surface area (Å²) in [5.41, 5.74) is 0. The van der Waals surface area contributed by atoms with Gasteiger partial charge in [-0.15, -0.1) is 11.8 Å². The van der Waals surface area contributed by atoms with Crippen LogP contribution in [0, 0.1) is 0 Å². The number of rotatable bonds is 7. The first-order valence-electron chi connectivity index (χ1n) is 8.16. The van der Waals surface area contributed by atoms with Gasteiger partial charge in [0.15, 0.2) is 5.96 Å². The Labute approximate surface area is 147 Å². The van der Waals surface area contributed by atoms with Crippen molar-refractivity contribution in [2.45, 2.75) is 24.2 Å². The van der Waals surface area contributed by atoms with Crippen LogP contribution >= 0.6 is 11.8 Å². The molecule has 1 heterocycles. The Hall–Kier alpha value is -2.02. The second-order valence-corrected chi connectivity index (χ2v) is 6.55. The van der Waals surface area contributed by atoms with Crippen LogP contribution in [0.4, 0.5) is 0 Å². The standard InChI is InChI=1S/C17H24N4O2S/c1-18-17(20-11-13-24-14-6-3-2-4-7-14)19-10-12-21-15(22)8-5-9-16(21)23/h2-4,6-7H,5,8-13H2,1H3,(H2,18,19,20). The summed E-state index contributed by atoms with van der Waals surface area (Å²) in [5, 5.41) is 6.37. The van der Waals surface area contributed by atoms with Gasteiger partial charge < -0.3 is 10.6 Å². The van der Waals surface area contributed by atoms with Crippen LogP contribution in [0.2, 0.25) is 0 Å². The molecule has 2 rings (SSSR count). The van der Waals surface area contributed by atoms with Crippen molar-refractivity contribution in [2.75, 3.05) is 32.4 Å². The van der Waals surface area contributed by atoms with Crippen molar-refractivity contribution in [1.82, 2.24) is 15.5 Å². The molecule has 130 valence electrons. The summed E-state index contributed by atoms with van der Waals surface area (Å²) in [6.45, 7) is 1.67. The zero-order valence-corrected chi connectivity index (χ0v) is 14.8. The van der Waals surface area contributed by atoms with Gasteiger partial charge in [-0.3, -0.25) is 19.5 Å². The summed E-state index contributed by atoms with van der Waals surface area (Å²) in [6, 6.07) is 10.2. The number of guanidine groups is 1. The van der Waals surface area contributed by atoms with E-state index in [0.717, 1.165) is 12.3 Å². The fourth-order valence-corrected chi connectivity index (χ4v) is 3.20. The lowest BCUT2D eigenvalue weighted by atomic mass is 10.1. The second-order valence-electron chi connectivity index (χ2n) is 5.38. The van der Waals surface area contributed by atoms with Crippen molar-refractivity contribution in [3.8, 4) is 0 Å². The number of hydrogen-bond donors (Lipinski definition) is 2. The molecule has 1 aromatic rings. The number of hydrogen-bond acceptors (Lipinski definition) is 4. The molecular formula is C17H24N4O2S. The minimum absolute atomic E-state index is 0.0738. The first-order valence-corrected chi connectivity index (χ1v) is 9.15. The van der Waals surface area contributed by atoms with E-state index in [0.29, 0.717) is 38.3 Å². The largest absolute Gasteiger partial charge is 0.356 e. The van der Waals surface area contributed by atoms with Crippen molar-refractivity contribution in [3.63, 3.8) is 0 Å². The molecule has 1 fully saturated rings. The SMILES string of the molecule is CN=C(NCCSc1ccccc1)NCCN1C(=O)CCCC1=O. The number of piperidine rings is 1. The second kappa shape index (κ2) is 9.97. The van der Waals surface area contributed by atoms with E-state index < -0.39 is 0 Å². The third-order valence-corrected chi connectivity index (χ3v) is 4.66. The average Bonchev–Trinajstić information content (AvgIpc) is 2.60. The first kappa shape index (κ1) is 18.3. The summed E-state index contributed by atoms with van der Waals surface area (Å²) in [5.74, 6) is 1.46. The molecule has 6 nitrogen and oxygen atoms in total. The molecule has 0 bridgehead atoms. The maximum atomic E-state index is 11.7. The van der Waals surface area contributed by atoms with E-state index in [1.165, 1.54) is 9.80 Å². The summed E-state index contributed by atoms with van der Waals surface area (Å²) in [6.07, 6.45) is 1.61. The van der Waals surface area contributed by atoms with Crippen molar-refractivity contribution < 1.29 is 9.59 Å². The molecule has 1 saturated heterocycles. The number of likely N-dealkylation sites (tertiary alicyclic amines) is 1. The summed E-state index contributed by atoms with van der Waals surface area (Å²) < 4.78 is 0. The van der Waals surface area contributed by atoms with Gasteiger partial charge in [-0.25, -0.2) is 0 Å². The van der Waals surface area contributed by atoms with Gasteiger partial charge in [0.1, 0.15) is 0 Å². The van der Waals surface area contributed by atoms with Gasteiger partial charge in [0.05, 0.1) is 0 Å². The molecule has 1 aliphatic rings. The Kier molecular flexibility index (Phi) is 7.61. The number of nitrogens with zero attached hydrogens (tertiary/aromatic N) is 2. The number of carbonyl (C=O) groups is 2. The summed E-state index contributed by atoms with van der Waals surface area (Å²) in [7, 11) is 1.71. The van der Waals surface area contributed by atoms with E-state index in [4.69, 9.17) is 0 Å². The van der Waals surface area contributed by atoms with Gasteiger partial charge >= 0.3 is 0 Å². The molecule has 0 radical (unpaired) electrons. The van der Waals surface area contributed by atoms with Gasteiger partial charge in [0, 0.05) is 50.2 Å². The molecule has 0 atom stereocenters. The summed E-state index contributed by atoms with van der Waals surface area (Å²) in [4.78, 5) is 30.2. The monoisotopic (exact) mass is 348 g/mol. The predicted octanol–water partition coefficient (Wildman–Crippen LogP) is 1.48. The molecule has 7 heteroatoms. The van der Waals surface area contributed by atoms with Crippen molar-refractivity contribution >= 4 is 29.5 Å². The third kappa shape index (κ3) is 5.88. The van der Waals surface area contributed by atoms with E-state index in [1.807, 2.05) is 18.2 Å². The smallest absolute Gasteiger partial charge is 0.229 e. The molecule has 0 saturated carbocycles. The Balaban J connectivity index is 1.63. The number of thioether (sulfide) groups is 1. The van der Waals surface area contributed by atoms with E-state index in [9.17, 15) is 9.59 Å². The van der Waals surface area contributed by atoms with Crippen LogP contribution in [0.25, 0.3) is 0 Å². The van der Waals surface area contributed by atoms with Crippen LogP contribution < -0.4 is 10.6 Å². The molecule has 0 spiro atoms. The van der Waals surface area contributed by atoms with E-state index in [1.54, 1.807) is 18.8 Å². The molecule has 0 unspecified atom stereocenters. The Morgan fingerprint density at radius 2 is 1.79 bits per heavy atom. The van der Waals surface area contributed by atoms with Crippen LogP contribution in [0.15, 0.2) is 40.2 Å². The van der Waals surface area contributed by atoms with Crippen LogP contribution in [-0.2, 0) is 9.59 Å². The van der Waals surface area contributed by atoms with Gasteiger partial charge in [-0.2, -0.15) is 0 Å². The average molecular weight is 348 g/mol. The van der Waals surface area contributed by atoms with E-state index in [2.05, 4.69) is 27.8 Å². The molecule has 0 aromatic heterocycles. The van der Waals surface area contributed by atoms with Crippen LogP contribution in [0.5, 0.6) is 0 Å². The zero-order chi connectivity index (χ0) is 17.2. The number of aliphatic imine (C=N–C) groups is 1. The fourth-order valence-electron chi connectivity index (χ4n) is 2.41. The van der Waals surface area contributed by atoms with E-state index in [-0.39, 0.29) is 11.8 Å². The minimum Gasteiger partial charge on any atom is -0.356 e. The molecular weight excluding hydrogens is 324 g/mol. The molecule has 1 aromatic carbocycles. The minimum atomic E-state index is -0.0738. The molecule has 1 aliphatic heterocycles. The van der Waals surface area contributed by atoms with Crippen LogP contribution in [0.3, 0.4) is 0 Å². The Bertz CT molecular complexity index is 561. The Morgan fingerprint density at radius 3 is 2.46 bits per heavy atom.